The van der Waals surface area contributed by atoms with Crippen molar-refractivity contribution in [3.8, 4) is 22.0 Å². The summed E-state index contributed by atoms with van der Waals surface area (Å²) in [5.74, 6) is 0.169. The van der Waals surface area contributed by atoms with Crippen LogP contribution in [0.5, 0.6) is 0 Å². The quantitative estimate of drug-likeness (QED) is 0.230. The first-order valence-corrected chi connectivity index (χ1v) is 15.9. The molecule has 0 unspecified atom stereocenters. The lowest BCUT2D eigenvalue weighted by Crippen LogP contribution is -2.42. The third kappa shape index (κ3) is 5.12. The van der Waals surface area contributed by atoms with Gasteiger partial charge in [-0.15, -0.1) is 11.3 Å². The molecule has 1 amide bonds. The van der Waals surface area contributed by atoms with Gasteiger partial charge in [0.1, 0.15) is 6.54 Å². The summed E-state index contributed by atoms with van der Waals surface area (Å²) >= 11 is 1.63. The molecule has 7 rings (SSSR count). The fourth-order valence-corrected chi connectivity index (χ4v) is 7.72. The van der Waals surface area contributed by atoms with Crippen molar-refractivity contribution < 1.29 is 19.4 Å². The number of hydrogen-bond donors (Lipinski definition) is 2. The lowest BCUT2D eigenvalue weighted by atomic mass is 9.81. The van der Waals surface area contributed by atoms with Crippen molar-refractivity contribution in [2.75, 3.05) is 26.3 Å². The number of rotatable bonds is 6. The van der Waals surface area contributed by atoms with Gasteiger partial charge in [0.25, 0.3) is 0 Å². The van der Waals surface area contributed by atoms with E-state index in [2.05, 4.69) is 26.7 Å². The van der Waals surface area contributed by atoms with Crippen molar-refractivity contribution in [1.82, 2.24) is 24.4 Å². The minimum Gasteiger partial charge on any atom is -0.478 e. The first-order valence-electron chi connectivity index (χ1n) is 15.1. The fourth-order valence-electron chi connectivity index (χ4n) is 6.85. The average molecular weight is 598 g/mol. The number of carbonyl (C=O) groups is 2. The summed E-state index contributed by atoms with van der Waals surface area (Å²) in [6.45, 7) is 6.31. The minimum atomic E-state index is -0.977. The van der Waals surface area contributed by atoms with Crippen LogP contribution in [-0.2, 0) is 16.1 Å². The molecule has 1 saturated carbocycles. The Morgan fingerprint density at radius 1 is 1.05 bits per heavy atom. The average Bonchev–Trinajstić information content (AvgIpc) is 3.69. The summed E-state index contributed by atoms with van der Waals surface area (Å²) in [4.78, 5) is 41.7. The summed E-state index contributed by atoms with van der Waals surface area (Å²) in [7, 11) is 0. The number of amides is 1. The minimum absolute atomic E-state index is 0.0123. The molecule has 0 spiro atoms. The van der Waals surface area contributed by atoms with E-state index in [0.717, 1.165) is 80.3 Å². The number of nitrogens with one attached hydrogen (secondary N) is 1. The van der Waals surface area contributed by atoms with E-state index in [1.54, 1.807) is 23.5 Å². The zero-order chi connectivity index (χ0) is 29.7. The van der Waals surface area contributed by atoms with Crippen molar-refractivity contribution in [1.29, 1.82) is 0 Å². The van der Waals surface area contributed by atoms with Crippen molar-refractivity contribution in [3.05, 3.63) is 58.2 Å². The topological polar surface area (TPSA) is 113 Å². The number of H-pyrrole nitrogens is 1. The number of aryl methyl sites for hydroxylation is 2. The maximum absolute atomic E-state index is 13.7. The van der Waals surface area contributed by atoms with Crippen LogP contribution in [0.3, 0.4) is 0 Å². The first kappa shape index (κ1) is 27.8. The number of thiazole rings is 1. The Bertz CT molecular complexity index is 1860. The Balaban J connectivity index is 1.43. The molecule has 1 aliphatic carbocycles. The van der Waals surface area contributed by atoms with E-state index in [9.17, 15) is 14.7 Å². The van der Waals surface area contributed by atoms with Gasteiger partial charge in [-0.05, 0) is 62.4 Å². The zero-order valence-corrected chi connectivity index (χ0v) is 25.3. The number of benzene rings is 2. The van der Waals surface area contributed by atoms with E-state index in [-0.39, 0.29) is 18.0 Å². The third-order valence-corrected chi connectivity index (χ3v) is 9.97. The van der Waals surface area contributed by atoms with Crippen LogP contribution >= 0.6 is 11.3 Å². The Kier molecular flexibility index (Phi) is 7.26. The third-order valence-electron chi connectivity index (χ3n) is 8.90. The number of imidazole rings is 1. The summed E-state index contributed by atoms with van der Waals surface area (Å²) < 4.78 is 7.56. The van der Waals surface area contributed by atoms with Gasteiger partial charge >= 0.3 is 5.97 Å². The molecule has 2 aliphatic rings. The van der Waals surface area contributed by atoms with Crippen LogP contribution in [0, 0.1) is 13.8 Å². The van der Waals surface area contributed by atoms with Gasteiger partial charge in [0.05, 0.1) is 56.6 Å². The van der Waals surface area contributed by atoms with E-state index in [1.165, 1.54) is 12.0 Å². The summed E-state index contributed by atoms with van der Waals surface area (Å²) in [6.07, 6.45) is 5.69. The Labute approximate surface area is 253 Å². The summed E-state index contributed by atoms with van der Waals surface area (Å²) in [6, 6.07) is 11.6. The van der Waals surface area contributed by atoms with Crippen molar-refractivity contribution in [3.63, 3.8) is 0 Å². The smallest absolute Gasteiger partial charge is 0.335 e. The number of carbonyl (C=O) groups excluding carboxylic acids is 1. The Hall–Kier alpha value is -4.02. The fraction of sp³-hybridized carbons (Fsp3) is 0.394. The van der Waals surface area contributed by atoms with Gasteiger partial charge in [0, 0.05) is 24.0 Å². The molecule has 2 fully saturated rings. The van der Waals surface area contributed by atoms with Crippen LogP contribution in [0.15, 0.2) is 36.4 Å². The molecule has 2 aromatic carbocycles. The molecule has 222 valence electrons. The van der Waals surface area contributed by atoms with E-state index >= 15 is 0 Å². The van der Waals surface area contributed by atoms with Gasteiger partial charge < -0.3 is 24.3 Å². The molecule has 5 aromatic rings. The predicted octanol–water partition coefficient (Wildman–Crippen LogP) is 6.53. The number of fused-ring (bicyclic) bond motifs is 2. The second-order valence-corrected chi connectivity index (χ2v) is 12.9. The van der Waals surface area contributed by atoms with E-state index in [0.29, 0.717) is 32.2 Å². The Morgan fingerprint density at radius 2 is 1.84 bits per heavy atom. The van der Waals surface area contributed by atoms with Crippen LogP contribution in [0.2, 0.25) is 0 Å². The Morgan fingerprint density at radius 3 is 2.56 bits per heavy atom. The zero-order valence-electron chi connectivity index (χ0n) is 24.5. The van der Waals surface area contributed by atoms with Crippen LogP contribution in [-0.4, -0.2) is 67.7 Å². The number of carboxylic acids is 1. The predicted molar refractivity (Wildman–Crippen MR) is 168 cm³/mol. The normalized spacial score (nSPS) is 16.4. The van der Waals surface area contributed by atoms with Crippen molar-refractivity contribution in [2.45, 2.75) is 58.4 Å². The molecule has 43 heavy (non-hydrogen) atoms. The highest BCUT2D eigenvalue weighted by Crippen LogP contribution is 2.45. The van der Waals surface area contributed by atoms with Gasteiger partial charge in [0.15, 0.2) is 5.82 Å². The SMILES string of the molecule is Cc1nc(C)c(-c2nc3ccc(-c4c(C5CCCCC5)c5ccc(C(=O)O)cc5n4CC(=O)N4CCOCC4)cc3[nH]2)s1. The number of morpholine rings is 1. The number of aromatic carboxylic acids is 1. The monoisotopic (exact) mass is 597 g/mol. The van der Waals surface area contributed by atoms with Gasteiger partial charge in [-0.25, -0.2) is 14.8 Å². The second-order valence-electron chi connectivity index (χ2n) is 11.7. The van der Waals surface area contributed by atoms with E-state index < -0.39 is 5.97 Å². The maximum atomic E-state index is 13.7. The van der Waals surface area contributed by atoms with Crippen LogP contribution < -0.4 is 0 Å². The lowest BCUT2D eigenvalue weighted by Gasteiger charge is -2.28. The molecule has 9 nitrogen and oxygen atoms in total. The maximum Gasteiger partial charge on any atom is 0.335 e. The highest BCUT2D eigenvalue weighted by molar-refractivity contribution is 7.15. The van der Waals surface area contributed by atoms with Gasteiger partial charge in [0.2, 0.25) is 5.91 Å². The molecule has 10 heteroatoms. The molecular formula is C33H35N5O4S. The van der Waals surface area contributed by atoms with Crippen molar-refractivity contribution >= 4 is 45.1 Å². The van der Waals surface area contributed by atoms with E-state index in [4.69, 9.17) is 9.72 Å². The summed E-state index contributed by atoms with van der Waals surface area (Å²) in [5.41, 5.74) is 6.94. The number of aromatic amines is 1. The molecule has 1 aliphatic heterocycles. The molecule has 0 radical (unpaired) electrons. The number of ether oxygens (including phenoxy) is 1. The molecular weight excluding hydrogens is 562 g/mol. The lowest BCUT2D eigenvalue weighted by molar-refractivity contribution is -0.135. The molecule has 3 aromatic heterocycles. The molecule has 1 saturated heterocycles. The van der Waals surface area contributed by atoms with Gasteiger partial charge in [-0.3, -0.25) is 4.79 Å². The van der Waals surface area contributed by atoms with Gasteiger partial charge in [-0.1, -0.05) is 31.4 Å². The standard InChI is InChI=1S/C33H35N5O4S/c1-19-31(43-20(2)34-19)32-35-25-11-9-22(16-26(25)36-32)30-29(21-6-4-3-5-7-21)24-10-8-23(33(40)41)17-27(24)38(30)18-28(39)37-12-14-42-15-13-37/h8-11,16-17,21H,3-7,12-15,18H2,1-2H3,(H,35,36)(H,40,41). The van der Waals surface area contributed by atoms with Crippen LogP contribution in [0.1, 0.15) is 64.6 Å². The highest BCUT2D eigenvalue weighted by atomic mass is 32.1. The largest absolute Gasteiger partial charge is 0.478 e. The van der Waals surface area contributed by atoms with Gasteiger partial charge in [-0.2, -0.15) is 0 Å². The number of hydrogen-bond acceptors (Lipinski definition) is 6. The molecule has 0 atom stereocenters. The molecule has 0 bridgehead atoms. The van der Waals surface area contributed by atoms with Crippen LogP contribution in [0.4, 0.5) is 0 Å². The summed E-state index contributed by atoms with van der Waals surface area (Å²) in [5, 5.41) is 11.9. The molecule has 2 N–H and O–H groups in total. The molecule has 4 heterocycles. The van der Waals surface area contributed by atoms with Crippen LogP contribution in [0.25, 0.3) is 43.9 Å². The van der Waals surface area contributed by atoms with Crippen molar-refractivity contribution in [2.24, 2.45) is 0 Å². The highest BCUT2D eigenvalue weighted by Gasteiger charge is 2.29. The number of aromatic nitrogens is 4. The first-order chi connectivity index (χ1) is 20.9. The number of nitrogens with zero attached hydrogens (tertiary/aromatic N) is 4. The number of carboxylic acid groups (broad SMARTS) is 1. The van der Waals surface area contributed by atoms with E-state index in [1.807, 2.05) is 30.9 Å². The second kappa shape index (κ2) is 11.2.